The molecule has 15 heavy (non-hydrogen) atoms. The normalized spacial score (nSPS) is 24.6. The van der Waals surface area contributed by atoms with Gasteiger partial charge in [0.05, 0.1) is 6.10 Å². The van der Waals surface area contributed by atoms with E-state index in [4.69, 9.17) is 4.74 Å². The highest BCUT2D eigenvalue weighted by Gasteiger charge is 2.23. The van der Waals surface area contributed by atoms with E-state index in [1.807, 2.05) is 7.11 Å². The highest BCUT2D eigenvalue weighted by molar-refractivity contribution is 4.80. The highest BCUT2D eigenvalue weighted by atomic mass is 16.5. The summed E-state index contributed by atoms with van der Waals surface area (Å²) in [4.78, 5) is 2.52. The lowest BCUT2D eigenvalue weighted by atomic mass is 10.1. The van der Waals surface area contributed by atoms with Gasteiger partial charge in [-0.3, -0.25) is 4.90 Å². The fraction of sp³-hybridized carbons (Fsp3) is 1.00. The number of nitrogens with one attached hydrogen (secondary N) is 1. The smallest absolute Gasteiger partial charge is 0.0710 e. The number of hydrogen-bond donors (Lipinski definition) is 1. The van der Waals surface area contributed by atoms with Crippen LogP contribution in [0.4, 0.5) is 0 Å². The molecule has 0 amide bonds. The van der Waals surface area contributed by atoms with Crippen molar-refractivity contribution in [1.82, 2.24) is 10.2 Å². The minimum absolute atomic E-state index is 0.467. The van der Waals surface area contributed by atoms with Gasteiger partial charge in [0.2, 0.25) is 0 Å². The Balaban J connectivity index is 2.25. The van der Waals surface area contributed by atoms with Crippen molar-refractivity contribution in [2.45, 2.75) is 45.3 Å². The minimum Gasteiger partial charge on any atom is -0.380 e. The highest BCUT2D eigenvalue weighted by Crippen LogP contribution is 2.13. The maximum absolute atomic E-state index is 5.38. The van der Waals surface area contributed by atoms with Crippen molar-refractivity contribution >= 4 is 0 Å². The fourth-order valence-electron chi connectivity index (χ4n) is 2.36. The van der Waals surface area contributed by atoms with Crippen LogP contribution in [0.1, 0.15) is 33.1 Å². The lowest BCUT2D eigenvalue weighted by Crippen LogP contribution is -2.40. The van der Waals surface area contributed by atoms with Crippen molar-refractivity contribution in [3.8, 4) is 0 Å². The van der Waals surface area contributed by atoms with Crippen LogP contribution >= 0.6 is 0 Å². The molecule has 3 heteroatoms. The second-order valence-electron chi connectivity index (χ2n) is 4.45. The molecule has 1 aliphatic heterocycles. The Morgan fingerprint density at radius 1 is 1.47 bits per heavy atom. The average molecular weight is 214 g/mol. The lowest BCUT2D eigenvalue weighted by molar-refractivity contribution is 0.106. The maximum atomic E-state index is 5.38. The first-order valence-electron chi connectivity index (χ1n) is 6.28. The molecule has 3 nitrogen and oxygen atoms in total. The molecular weight excluding hydrogens is 188 g/mol. The molecule has 0 radical (unpaired) electrons. The van der Waals surface area contributed by atoms with Gasteiger partial charge in [-0.15, -0.1) is 0 Å². The van der Waals surface area contributed by atoms with Crippen molar-refractivity contribution in [1.29, 1.82) is 0 Å². The van der Waals surface area contributed by atoms with Crippen LogP contribution in [0, 0.1) is 0 Å². The molecule has 0 spiro atoms. The molecular formula is C12H26N2O. The molecule has 0 aromatic heterocycles. The maximum Gasteiger partial charge on any atom is 0.0710 e. The van der Waals surface area contributed by atoms with Crippen LogP contribution in [-0.2, 0) is 4.74 Å². The molecule has 0 aromatic carbocycles. The molecule has 2 unspecified atom stereocenters. The van der Waals surface area contributed by atoms with Gasteiger partial charge in [-0.1, -0.05) is 20.3 Å². The number of hydrogen-bond acceptors (Lipinski definition) is 3. The summed E-state index contributed by atoms with van der Waals surface area (Å²) in [7, 11) is 1.82. The number of ether oxygens (including phenoxy) is 1. The van der Waals surface area contributed by atoms with Gasteiger partial charge in [-0.2, -0.15) is 0 Å². The van der Waals surface area contributed by atoms with Crippen molar-refractivity contribution in [3.63, 3.8) is 0 Å². The largest absolute Gasteiger partial charge is 0.380 e. The zero-order valence-electron chi connectivity index (χ0n) is 10.5. The van der Waals surface area contributed by atoms with Gasteiger partial charge in [0, 0.05) is 32.8 Å². The van der Waals surface area contributed by atoms with E-state index in [0.717, 1.165) is 13.1 Å². The first kappa shape index (κ1) is 12.9. The third-order valence-corrected chi connectivity index (χ3v) is 3.17. The SMILES string of the molecule is CCCC(CN1CCC(OC)C1)NCC. The topological polar surface area (TPSA) is 24.5 Å². The zero-order chi connectivity index (χ0) is 11.1. The molecule has 1 heterocycles. The van der Waals surface area contributed by atoms with Crippen molar-refractivity contribution in [2.75, 3.05) is 33.3 Å². The summed E-state index contributed by atoms with van der Waals surface area (Å²) in [5.41, 5.74) is 0. The van der Waals surface area contributed by atoms with Crippen LogP contribution in [0.5, 0.6) is 0 Å². The first-order valence-corrected chi connectivity index (χ1v) is 6.28. The standard InChI is InChI=1S/C12H26N2O/c1-4-6-11(13-5-2)9-14-8-7-12(10-14)15-3/h11-13H,4-10H2,1-3H3. The third kappa shape index (κ3) is 4.49. The van der Waals surface area contributed by atoms with Gasteiger partial charge in [0.15, 0.2) is 0 Å². The van der Waals surface area contributed by atoms with Gasteiger partial charge < -0.3 is 10.1 Å². The van der Waals surface area contributed by atoms with Crippen LogP contribution in [0.2, 0.25) is 0 Å². The Morgan fingerprint density at radius 2 is 2.27 bits per heavy atom. The molecule has 0 bridgehead atoms. The van der Waals surface area contributed by atoms with Gasteiger partial charge in [0.25, 0.3) is 0 Å². The van der Waals surface area contributed by atoms with E-state index in [9.17, 15) is 0 Å². The zero-order valence-corrected chi connectivity index (χ0v) is 10.5. The van der Waals surface area contributed by atoms with E-state index in [2.05, 4.69) is 24.1 Å². The van der Waals surface area contributed by atoms with Crippen LogP contribution in [0.25, 0.3) is 0 Å². The Morgan fingerprint density at radius 3 is 2.80 bits per heavy atom. The van der Waals surface area contributed by atoms with Gasteiger partial charge in [-0.25, -0.2) is 0 Å². The molecule has 1 rings (SSSR count). The third-order valence-electron chi connectivity index (χ3n) is 3.17. The van der Waals surface area contributed by atoms with Crippen LogP contribution < -0.4 is 5.32 Å². The van der Waals surface area contributed by atoms with Crippen LogP contribution in [0.15, 0.2) is 0 Å². The Labute approximate surface area is 94.2 Å². The lowest BCUT2D eigenvalue weighted by Gasteiger charge is -2.24. The van der Waals surface area contributed by atoms with E-state index in [-0.39, 0.29) is 0 Å². The quantitative estimate of drug-likeness (QED) is 0.695. The first-order chi connectivity index (χ1) is 7.30. The molecule has 1 fully saturated rings. The number of likely N-dealkylation sites (N-methyl/N-ethyl adjacent to an activating group) is 1. The molecule has 1 N–H and O–H groups in total. The van der Waals surface area contributed by atoms with E-state index in [0.29, 0.717) is 12.1 Å². The van der Waals surface area contributed by atoms with Gasteiger partial charge in [-0.05, 0) is 19.4 Å². The average Bonchev–Trinajstić information content (AvgIpc) is 2.66. The monoisotopic (exact) mass is 214 g/mol. The summed E-state index contributed by atoms with van der Waals surface area (Å²) in [5.74, 6) is 0. The summed E-state index contributed by atoms with van der Waals surface area (Å²) >= 11 is 0. The predicted octanol–water partition coefficient (Wildman–Crippen LogP) is 1.49. The van der Waals surface area contributed by atoms with Crippen molar-refractivity contribution < 1.29 is 4.74 Å². The predicted molar refractivity (Wildman–Crippen MR) is 64.2 cm³/mol. The van der Waals surface area contributed by atoms with Crippen LogP contribution in [-0.4, -0.2) is 50.3 Å². The van der Waals surface area contributed by atoms with Gasteiger partial charge in [0.1, 0.15) is 0 Å². The molecule has 2 atom stereocenters. The molecule has 1 saturated heterocycles. The number of nitrogens with zero attached hydrogens (tertiary/aromatic N) is 1. The van der Waals surface area contributed by atoms with Crippen molar-refractivity contribution in [2.24, 2.45) is 0 Å². The Hall–Kier alpha value is -0.120. The molecule has 1 aliphatic rings. The molecule has 90 valence electrons. The van der Waals surface area contributed by atoms with Crippen LogP contribution in [0.3, 0.4) is 0 Å². The van der Waals surface area contributed by atoms with Crippen molar-refractivity contribution in [3.05, 3.63) is 0 Å². The van der Waals surface area contributed by atoms with E-state index < -0.39 is 0 Å². The number of methoxy groups -OCH3 is 1. The molecule has 0 saturated carbocycles. The molecule has 0 aromatic rings. The minimum atomic E-state index is 0.467. The second-order valence-corrected chi connectivity index (χ2v) is 4.45. The fourth-order valence-corrected chi connectivity index (χ4v) is 2.36. The van der Waals surface area contributed by atoms with E-state index >= 15 is 0 Å². The summed E-state index contributed by atoms with van der Waals surface area (Å²) in [6.45, 7) is 9.01. The van der Waals surface area contributed by atoms with Gasteiger partial charge >= 0.3 is 0 Å². The Bertz CT molecular complexity index is 158. The number of rotatable bonds is 7. The second kappa shape index (κ2) is 7.20. The number of likely N-dealkylation sites (tertiary alicyclic amines) is 1. The summed E-state index contributed by atoms with van der Waals surface area (Å²) in [6, 6.07) is 0.663. The van der Waals surface area contributed by atoms with E-state index in [1.54, 1.807) is 0 Å². The van der Waals surface area contributed by atoms with E-state index in [1.165, 1.54) is 32.4 Å². The summed E-state index contributed by atoms with van der Waals surface area (Å²) in [6.07, 6.45) is 4.21. The summed E-state index contributed by atoms with van der Waals surface area (Å²) < 4.78 is 5.38. The Kier molecular flexibility index (Phi) is 6.22. The molecule has 0 aliphatic carbocycles. The summed E-state index contributed by atoms with van der Waals surface area (Å²) in [5, 5.41) is 3.56.